The number of alkyl halides is 3. The van der Waals surface area contributed by atoms with Crippen LogP contribution in [0.5, 0.6) is 0 Å². The van der Waals surface area contributed by atoms with Crippen LogP contribution in [0.4, 0.5) is 13.2 Å². The monoisotopic (exact) mass is 268 g/mol. The van der Waals surface area contributed by atoms with Crippen LogP contribution < -0.4 is 0 Å². The van der Waals surface area contributed by atoms with E-state index in [1.165, 1.54) is 6.07 Å². The molecule has 1 aromatic heterocycles. The number of aromatic nitrogens is 1. The predicted molar refractivity (Wildman–Crippen MR) is 60.0 cm³/mol. The van der Waals surface area contributed by atoms with E-state index in [2.05, 4.69) is 11.1 Å². The standard InChI is InChI=1S/C13H11F3N2O/c14-13(15,16)11-2-1-9(7-18-11)12(8-17)5-3-10(19)4-6-12/h1-2,7H,3-6H2. The van der Waals surface area contributed by atoms with Gasteiger partial charge in [-0.2, -0.15) is 18.4 Å². The molecular formula is C13H11F3N2O. The van der Waals surface area contributed by atoms with Crippen molar-refractivity contribution in [3.8, 4) is 6.07 Å². The van der Waals surface area contributed by atoms with E-state index in [4.69, 9.17) is 0 Å². The van der Waals surface area contributed by atoms with E-state index in [1.54, 1.807) is 0 Å². The largest absolute Gasteiger partial charge is 0.433 e. The minimum absolute atomic E-state index is 0.0887. The van der Waals surface area contributed by atoms with Gasteiger partial charge in [0.25, 0.3) is 0 Å². The van der Waals surface area contributed by atoms with Crippen LogP contribution in [0.1, 0.15) is 36.9 Å². The van der Waals surface area contributed by atoms with E-state index in [9.17, 15) is 23.2 Å². The van der Waals surface area contributed by atoms with Crippen molar-refractivity contribution in [3.05, 3.63) is 29.6 Å². The molecule has 3 nitrogen and oxygen atoms in total. The average molecular weight is 268 g/mol. The minimum Gasteiger partial charge on any atom is -0.300 e. The zero-order chi connectivity index (χ0) is 14.1. The number of hydrogen-bond acceptors (Lipinski definition) is 3. The summed E-state index contributed by atoms with van der Waals surface area (Å²) in [6.45, 7) is 0. The van der Waals surface area contributed by atoms with Gasteiger partial charge in [0.1, 0.15) is 11.5 Å². The van der Waals surface area contributed by atoms with Crippen molar-refractivity contribution in [2.45, 2.75) is 37.3 Å². The first-order valence-corrected chi connectivity index (χ1v) is 5.84. The first kappa shape index (κ1) is 13.5. The molecule has 0 unspecified atom stereocenters. The maximum atomic E-state index is 12.4. The highest BCUT2D eigenvalue weighted by Gasteiger charge is 2.38. The van der Waals surface area contributed by atoms with Gasteiger partial charge in [0.05, 0.1) is 11.5 Å². The number of nitrogens with zero attached hydrogens (tertiary/aromatic N) is 2. The molecule has 1 aromatic rings. The second-order valence-corrected chi connectivity index (χ2v) is 4.66. The molecule has 0 N–H and O–H groups in total. The number of pyridine rings is 1. The lowest BCUT2D eigenvalue weighted by atomic mass is 9.70. The van der Waals surface area contributed by atoms with E-state index >= 15 is 0 Å². The Morgan fingerprint density at radius 1 is 1.26 bits per heavy atom. The summed E-state index contributed by atoms with van der Waals surface area (Å²) in [6.07, 6.45) is -2.13. The molecule has 1 saturated carbocycles. The molecule has 6 heteroatoms. The number of carbonyl (C=O) groups is 1. The lowest BCUT2D eigenvalue weighted by Crippen LogP contribution is -2.30. The Balaban J connectivity index is 2.30. The van der Waals surface area contributed by atoms with Crippen molar-refractivity contribution in [2.24, 2.45) is 0 Å². The molecular weight excluding hydrogens is 257 g/mol. The molecule has 1 aliphatic rings. The Hall–Kier alpha value is -1.90. The molecule has 0 aromatic carbocycles. The number of ketones is 1. The minimum atomic E-state index is -4.49. The quantitative estimate of drug-likeness (QED) is 0.786. The number of carbonyl (C=O) groups excluding carboxylic acids is 1. The van der Waals surface area contributed by atoms with Crippen molar-refractivity contribution >= 4 is 5.78 Å². The fourth-order valence-corrected chi connectivity index (χ4v) is 2.27. The van der Waals surface area contributed by atoms with Crippen LogP contribution in [0.2, 0.25) is 0 Å². The lowest BCUT2D eigenvalue weighted by Gasteiger charge is -2.30. The molecule has 2 rings (SSSR count). The smallest absolute Gasteiger partial charge is 0.300 e. The molecule has 0 spiro atoms. The van der Waals surface area contributed by atoms with Crippen molar-refractivity contribution in [1.82, 2.24) is 4.98 Å². The predicted octanol–water partition coefficient (Wildman–Crippen LogP) is 3.00. The average Bonchev–Trinajstić information content (AvgIpc) is 2.39. The Morgan fingerprint density at radius 3 is 2.32 bits per heavy atom. The number of Topliss-reactive ketones (excluding diaryl/α,β-unsaturated/α-hetero) is 1. The number of rotatable bonds is 1. The first-order valence-electron chi connectivity index (χ1n) is 5.84. The van der Waals surface area contributed by atoms with Crippen molar-refractivity contribution in [1.29, 1.82) is 5.26 Å². The molecule has 19 heavy (non-hydrogen) atoms. The zero-order valence-electron chi connectivity index (χ0n) is 10.00. The lowest BCUT2D eigenvalue weighted by molar-refractivity contribution is -0.141. The molecule has 100 valence electrons. The highest BCUT2D eigenvalue weighted by Crippen LogP contribution is 2.38. The third-order valence-electron chi connectivity index (χ3n) is 3.48. The molecule has 1 heterocycles. The molecule has 0 radical (unpaired) electrons. The van der Waals surface area contributed by atoms with Crippen LogP contribution in [-0.4, -0.2) is 10.8 Å². The van der Waals surface area contributed by atoms with Gasteiger partial charge in [-0.25, -0.2) is 0 Å². The molecule has 0 aliphatic heterocycles. The van der Waals surface area contributed by atoms with Gasteiger partial charge in [-0.1, -0.05) is 6.07 Å². The van der Waals surface area contributed by atoms with Gasteiger partial charge >= 0.3 is 6.18 Å². The topological polar surface area (TPSA) is 53.8 Å². The molecule has 0 amide bonds. The summed E-state index contributed by atoms with van der Waals surface area (Å²) in [7, 11) is 0. The van der Waals surface area contributed by atoms with Gasteiger partial charge in [0, 0.05) is 19.0 Å². The van der Waals surface area contributed by atoms with Crippen LogP contribution in [0, 0.1) is 11.3 Å². The van der Waals surface area contributed by atoms with Crippen molar-refractivity contribution in [3.63, 3.8) is 0 Å². The van der Waals surface area contributed by atoms with Crippen molar-refractivity contribution in [2.75, 3.05) is 0 Å². The Morgan fingerprint density at radius 2 is 1.89 bits per heavy atom. The van der Waals surface area contributed by atoms with E-state index in [0.29, 0.717) is 18.4 Å². The van der Waals surface area contributed by atoms with Gasteiger partial charge in [0.2, 0.25) is 0 Å². The van der Waals surface area contributed by atoms with Gasteiger partial charge < -0.3 is 0 Å². The Kier molecular flexibility index (Phi) is 3.31. The second kappa shape index (κ2) is 4.65. The van der Waals surface area contributed by atoms with Gasteiger partial charge in [-0.3, -0.25) is 9.78 Å². The summed E-state index contributed by atoms with van der Waals surface area (Å²) in [5, 5.41) is 9.30. The normalized spacial score (nSPS) is 18.9. The third kappa shape index (κ3) is 2.60. The number of halogens is 3. The number of hydrogen-bond donors (Lipinski definition) is 0. The third-order valence-corrected chi connectivity index (χ3v) is 3.48. The molecule has 0 atom stereocenters. The van der Waals surface area contributed by atoms with Gasteiger partial charge in [-0.15, -0.1) is 0 Å². The second-order valence-electron chi connectivity index (χ2n) is 4.66. The Bertz CT molecular complexity index is 518. The molecule has 0 bridgehead atoms. The molecule has 0 saturated heterocycles. The van der Waals surface area contributed by atoms with Crippen LogP contribution >= 0.6 is 0 Å². The van der Waals surface area contributed by atoms with E-state index in [1.807, 2.05) is 0 Å². The highest BCUT2D eigenvalue weighted by molar-refractivity contribution is 5.80. The van der Waals surface area contributed by atoms with E-state index in [0.717, 1.165) is 12.3 Å². The summed E-state index contributed by atoms with van der Waals surface area (Å²) in [5.74, 6) is 0.0887. The Labute approximate surface area is 108 Å². The summed E-state index contributed by atoms with van der Waals surface area (Å²) < 4.78 is 37.3. The summed E-state index contributed by atoms with van der Waals surface area (Å²) in [4.78, 5) is 14.6. The summed E-state index contributed by atoms with van der Waals surface area (Å²) in [6, 6.07) is 4.31. The van der Waals surface area contributed by atoms with E-state index < -0.39 is 17.3 Å². The summed E-state index contributed by atoms with van der Waals surface area (Å²) >= 11 is 0. The maximum Gasteiger partial charge on any atom is 0.433 e. The molecule has 1 aliphatic carbocycles. The first-order chi connectivity index (χ1) is 8.87. The van der Waals surface area contributed by atoms with Crippen molar-refractivity contribution < 1.29 is 18.0 Å². The SMILES string of the molecule is N#CC1(c2ccc(C(F)(F)F)nc2)CCC(=O)CC1. The van der Waals surface area contributed by atoms with Crippen LogP contribution in [0.15, 0.2) is 18.3 Å². The van der Waals surface area contributed by atoms with E-state index in [-0.39, 0.29) is 18.6 Å². The van der Waals surface area contributed by atoms with Crippen LogP contribution in [-0.2, 0) is 16.4 Å². The summed E-state index contributed by atoms with van der Waals surface area (Å²) in [5.41, 5.74) is -1.41. The zero-order valence-corrected chi connectivity index (χ0v) is 10.00. The van der Waals surface area contributed by atoms with Crippen LogP contribution in [0.25, 0.3) is 0 Å². The highest BCUT2D eigenvalue weighted by atomic mass is 19.4. The fourth-order valence-electron chi connectivity index (χ4n) is 2.27. The van der Waals surface area contributed by atoms with Gasteiger partial charge in [-0.05, 0) is 24.5 Å². The maximum absolute atomic E-state index is 12.4. The van der Waals surface area contributed by atoms with Gasteiger partial charge in [0.15, 0.2) is 0 Å². The fraction of sp³-hybridized carbons (Fsp3) is 0.462. The molecule has 1 fully saturated rings. The van der Waals surface area contributed by atoms with Crippen LogP contribution in [0.3, 0.4) is 0 Å². The number of nitriles is 1.